The molecule has 1 aliphatic rings. The van der Waals surface area contributed by atoms with Gasteiger partial charge in [-0.1, -0.05) is 6.07 Å². The predicted octanol–water partition coefficient (Wildman–Crippen LogP) is 2.57. The summed E-state index contributed by atoms with van der Waals surface area (Å²) < 4.78 is 28.7. The summed E-state index contributed by atoms with van der Waals surface area (Å²) in [4.78, 5) is 11.9. The van der Waals surface area contributed by atoms with Crippen LogP contribution in [-0.2, 0) is 27.7 Å². The van der Waals surface area contributed by atoms with Crippen LogP contribution >= 0.6 is 0 Å². The van der Waals surface area contributed by atoms with Crippen LogP contribution in [0.15, 0.2) is 35.2 Å². The maximum absolute atomic E-state index is 13.1. The molecule has 144 valence electrons. The summed E-state index contributed by atoms with van der Waals surface area (Å²) in [5.74, 6) is 0.152. The van der Waals surface area contributed by atoms with Crippen molar-refractivity contribution in [2.75, 3.05) is 23.2 Å². The minimum absolute atomic E-state index is 0.125. The molecule has 6 nitrogen and oxygen atoms in total. The largest absolute Gasteiger partial charge is 0.395 e. The molecule has 0 saturated carbocycles. The molecule has 3 N–H and O–H groups in total. The van der Waals surface area contributed by atoms with Gasteiger partial charge in [0.05, 0.1) is 12.3 Å². The fourth-order valence-electron chi connectivity index (χ4n) is 3.21. The van der Waals surface area contributed by atoms with Gasteiger partial charge in [0.1, 0.15) is 10.7 Å². The first kappa shape index (κ1) is 19.4. The van der Waals surface area contributed by atoms with E-state index in [1.165, 1.54) is 0 Å². The number of ketones is 1. The number of aliphatic hydroxyl groups is 1. The molecule has 0 amide bonds. The molecule has 0 spiro atoms. The highest BCUT2D eigenvalue weighted by molar-refractivity contribution is 7.92. The highest BCUT2D eigenvalue weighted by Crippen LogP contribution is 2.31. The van der Waals surface area contributed by atoms with Gasteiger partial charge in [0.2, 0.25) is 0 Å². The summed E-state index contributed by atoms with van der Waals surface area (Å²) >= 11 is 0. The molecule has 27 heavy (non-hydrogen) atoms. The number of Topliss-reactive ketones (excluding diaryl/α,β-unsaturated/α-hetero) is 1. The fourth-order valence-corrected chi connectivity index (χ4v) is 4.47. The van der Waals surface area contributed by atoms with E-state index in [0.29, 0.717) is 30.6 Å². The Labute approximate surface area is 159 Å². The molecule has 2 aromatic rings. The van der Waals surface area contributed by atoms with Crippen LogP contribution in [0.5, 0.6) is 0 Å². The summed E-state index contributed by atoms with van der Waals surface area (Å²) in [5, 5.41) is 12.1. The Morgan fingerprint density at radius 3 is 2.52 bits per heavy atom. The van der Waals surface area contributed by atoms with Gasteiger partial charge in [-0.15, -0.1) is 0 Å². The van der Waals surface area contributed by atoms with E-state index in [0.717, 1.165) is 22.3 Å². The minimum atomic E-state index is -3.83. The van der Waals surface area contributed by atoms with Gasteiger partial charge in [0.15, 0.2) is 0 Å². The van der Waals surface area contributed by atoms with Crippen molar-refractivity contribution in [3.63, 3.8) is 0 Å². The number of carbonyl (C=O) groups excluding carboxylic acids is 1. The second kappa shape index (κ2) is 7.70. The van der Waals surface area contributed by atoms with E-state index in [-0.39, 0.29) is 23.8 Å². The lowest BCUT2D eigenvalue weighted by Gasteiger charge is -2.20. The van der Waals surface area contributed by atoms with E-state index in [1.807, 2.05) is 19.9 Å². The monoisotopic (exact) mass is 388 g/mol. The van der Waals surface area contributed by atoms with Gasteiger partial charge < -0.3 is 10.4 Å². The van der Waals surface area contributed by atoms with Crippen molar-refractivity contribution in [3.05, 3.63) is 52.6 Å². The summed E-state index contributed by atoms with van der Waals surface area (Å²) in [6.45, 7) is 3.99. The van der Waals surface area contributed by atoms with Crippen molar-refractivity contribution >= 4 is 27.2 Å². The molecule has 1 aliphatic carbocycles. The Bertz CT molecular complexity index is 984. The van der Waals surface area contributed by atoms with Gasteiger partial charge in [0.25, 0.3) is 10.0 Å². The standard InChI is InChI=1S/C20H24N2O4S/c1-13-3-5-17(9-14(13)2)22-27(25,26)20-12-15-4-6-18(24)10-16(15)11-19(20)21-7-8-23/h3,5,9,11-12,21-23H,4,6-8,10H2,1-2H3. The predicted molar refractivity (Wildman–Crippen MR) is 106 cm³/mol. The van der Waals surface area contributed by atoms with Gasteiger partial charge in [0, 0.05) is 25.1 Å². The van der Waals surface area contributed by atoms with Crippen LogP contribution in [0.4, 0.5) is 11.4 Å². The molecule has 0 saturated heterocycles. The van der Waals surface area contributed by atoms with Crippen molar-refractivity contribution in [3.8, 4) is 0 Å². The highest BCUT2D eigenvalue weighted by atomic mass is 32.2. The van der Waals surface area contributed by atoms with E-state index in [4.69, 9.17) is 5.11 Å². The molecule has 0 aliphatic heterocycles. The second-order valence-corrected chi connectivity index (χ2v) is 8.54. The van der Waals surface area contributed by atoms with E-state index in [9.17, 15) is 13.2 Å². The van der Waals surface area contributed by atoms with Crippen molar-refractivity contribution < 1.29 is 18.3 Å². The van der Waals surface area contributed by atoms with Crippen LogP contribution in [0.1, 0.15) is 28.7 Å². The molecule has 2 aromatic carbocycles. The van der Waals surface area contributed by atoms with E-state index >= 15 is 0 Å². The lowest BCUT2D eigenvalue weighted by atomic mass is 9.90. The zero-order valence-electron chi connectivity index (χ0n) is 15.5. The van der Waals surface area contributed by atoms with E-state index in [1.54, 1.807) is 24.3 Å². The summed E-state index contributed by atoms with van der Waals surface area (Å²) in [7, 11) is -3.83. The highest BCUT2D eigenvalue weighted by Gasteiger charge is 2.24. The topological polar surface area (TPSA) is 95.5 Å². The number of rotatable bonds is 6. The normalized spacial score (nSPS) is 14.0. The zero-order chi connectivity index (χ0) is 19.6. The van der Waals surface area contributed by atoms with Gasteiger partial charge >= 0.3 is 0 Å². The molecule has 3 rings (SSSR count). The average molecular weight is 388 g/mol. The third-order valence-electron chi connectivity index (χ3n) is 4.84. The number of anilines is 2. The van der Waals surface area contributed by atoms with Crippen LogP contribution in [-0.4, -0.2) is 32.5 Å². The molecule has 0 atom stereocenters. The number of benzene rings is 2. The first-order chi connectivity index (χ1) is 12.8. The third kappa shape index (κ3) is 4.31. The Hall–Kier alpha value is -2.38. The molecule has 0 radical (unpaired) electrons. The van der Waals surface area contributed by atoms with Crippen LogP contribution in [0.25, 0.3) is 0 Å². The third-order valence-corrected chi connectivity index (χ3v) is 6.26. The van der Waals surface area contributed by atoms with Crippen molar-refractivity contribution in [1.29, 1.82) is 0 Å². The van der Waals surface area contributed by atoms with Crippen LogP contribution in [0, 0.1) is 13.8 Å². The number of aryl methyl sites for hydroxylation is 3. The Kier molecular flexibility index (Phi) is 5.53. The summed E-state index contributed by atoms with van der Waals surface area (Å²) in [6.07, 6.45) is 1.29. The SMILES string of the molecule is Cc1ccc(NS(=O)(=O)c2cc3c(cc2NCCO)CC(=O)CC3)cc1C. The van der Waals surface area contributed by atoms with Gasteiger partial charge in [-0.25, -0.2) is 8.42 Å². The fraction of sp³-hybridized carbons (Fsp3) is 0.350. The Morgan fingerprint density at radius 1 is 1.04 bits per heavy atom. The lowest BCUT2D eigenvalue weighted by molar-refractivity contribution is -0.118. The van der Waals surface area contributed by atoms with E-state index in [2.05, 4.69) is 10.0 Å². The molecule has 0 aromatic heterocycles. The molecule has 0 heterocycles. The number of sulfonamides is 1. The molecular formula is C20H24N2O4S. The molecule has 0 unspecified atom stereocenters. The summed E-state index contributed by atoms with van der Waals surface area (Å²) in [5.41, 5.74) is 4.70. The van der Waals surface area contributed by atoms with Gasteiger partial charge in [-0.05, 0) is 66.8 Å². The first-order valence-corrected chi connectivity index (χ1v) is 10.4. The molecular weight excluding hydrogens is 364 g/mol. The maximum Gasteiger partial charge on any atom is 0.263 e. The Balaban J connectivity index is 2.01. The van der Waals surface area contributed by atoms with Crippen molar-refractivity contribution in [2.24, 2.45) is 0 Å². The second-order valence-electron chi connectivity index (χ2n) is 6.89. The number of aliphatic hydroxyl groups excluding tert-OH is 1. The number of fused-ring (bicyclic) bond motifs is 1. The van der Waals surface area contributed by atoms with E-state index < -0.39 is 10.0 Å². The average Bonchev–Trinajstić information content (AvgIpc) is 2.62. The van der Waals surface area contributed by atoms with Crippen LogP contribution in [0.2, 0.25) is 0 Å². The molecule has 7 heteroatoms. The van der Waals surface area contributed by atoms with Gasteiger partial charge in [-0.3, -0.25) is 9.52 Å². The minimum Gasteiger partial charge on any atom is -0.395 e. The quantitative estimate of drug-likeness (QED) is 0.707. The molecule has 0 fully saturated rings. The Morgan fingerprint density at radius 2 is 1.81 bits per heavy atom. The first-order valence-electron chi connectivity index (χ1n) is 8.92. The number of hydrogen-bond donors (Lipinski definition) is 3. The zero-order valence-corrected chi connectivity index (χ0v) is 16.3. The lowest BCUT2D eigenvalue weighted by Crippen LogP contribution is -2.20. The number of carbonyl (C=O) groups is 1. The van der Waals surface area contributed by atoms with Gasteiger partial charge in [-0.2, -0.15) is 0 Å². The number of nitrogens with one attached hydrogen (secondary N) is 2. The van der Waals surface area contributed by atoms with Crippen molar-refractivity contribution in [2.45, 2.75) is 38.0 Å². The summed E-state index contributed by atoms with van der Waals surface area (Å²) in [6, 6.07) is 8.76. The van der Waals surface area contributed by atoms with Crippen LogP contribution < -0.4 is 10.0 Å². The number of hydrogen-bond acceptors (Lipinski definition) is 5. The smallest absolute Gasteiger partial charge is 0.263 e. The molecule has 0 bridgehead atoms. The van der Waals surface area contributed by atoms with Crippen molar-refractivity contribution in [1.82, 2.24) is 0 Å². The van der Waals surface area contributed by atoms with Crippen LogP contribution in [0.3, 0.4) is 0 Å². The maximum atomic E-state index is 13.1.